The van der Waals surface area contributed by atoms with E-state index in [1.165, 1.54) is 12.4 Å². The second-order valence-electron chi connectivity index (χ2n) is 2.89. The summed E-state index contributed by atoms with van der Waals surface area (Å²) in [6.07, 6.45) is 6.08. The normalized spacial score (nSPS) is 11.2. The van der Waals surface area contributed by atoms with E-state index in [4.69, 9.17) is 5.11 Å². The van der Waals surface area contributed by atoms with Gasteiger partial charge in [-0.15, -0.1) is 0 Å². The highest BCUT2D eigenvalue weighted by Gasteiger charge is 2.01. The first kappa shape index (κ1) is 9.32. The monoisotopic (exact) mass is 204 g/mol. The van der Waals surface area contributed by atoms with Crippen LogP contribution in [0, 0.1) is 0 Å². The van der Waals surface area contributed by atoms with Gasteiger partial charge < -0.3 is 10.1 Å². The van der Waals surface area contributed by atoms with Crippen LogP contribution in [0.25, 0.3) is 11.2 Å². The number of fused-ring (bicyclic) bond motifs is 1. The molecule has 2 heterocycles. The highest BCUT2D eigenvalue weighted by molar-refractivity contribution is 5.79. The van der Waals surface area contributed by atoms with Crippen LogP contribution in [0.3, 0.4) is 0 Å². The molecule has 0 atom stereocenters. The summed E-state index contributed by atoms with van der Waals surface area (Å²) >= 11 is 0. The molecule has 0 saturated heterocycles. The number of aliphatic carboxylic acids is 1. The Morgan fingerprint density at radius 2 is 2.47 bits per heavy atom. The van der Waals surface area contributed by atoms with Crippen LogP contribution in [-0.2, 0) is 11.2 Å². The first-order valence-electron chi connectivity index (χ1n) is 4.30. The third-order valence-corrected chi connectivity index (χ3v) is 1.78. The Hall–Kier alpha value is -2.24. The van der Waals surface area contributed by atoms with Crippen molar-refractivity contribution in [3.8, 4) is 0 Å². The standard InChI is InChI=1S/C9H8N4O2/c14-8(15)3-1-2-7-12-6-4-10-5-11-9(6)13-7/h1,3-5H,2H2,(H,14,15)(H,10,11,12,13). The van der Waals surface area contributed by atoms with Gasteiger partial charge in [-0.2, -0.15) is 0 Å². The minimum Gasteiger partial charge on any atom is -0.478 e. The third-order valence-electron chi connectivity index (χ3n) is 1.78. The molecule has 2 rings (SSSR count). The number of hydrogen-bond donors (Lipinski definition) is 2. The maximum absolute atomic E-state index is 10.2. The molecular weight excluding hydrogens is 196 g/mol. The maximum Gasteiger partial charge on any atom is 0.327 e. The van der Waals surface area contributed by atoms with E-state index in [1.54, 1.807) is 6.20 Å². The number of carbonyl (C=O) groups is 1. The highest BCUT2D eigenvalue weighted by atomic mass is 16.4. The molecule has 0 radical (unpaired) electrons. The van der Waals surface area contributed by atoms with Crippen molar-refractivity contribution in [2.75, 3.05) is 0 Å². The number of nitrogens with one attached hydrogen (secondary N) is 1. The van der Waals surface area contributed by atoms with Crippen molar-refractivity contribution in [2.24, 2.45) is 0 Å². The van der Waals surface area contributed by atoms with Gasteiger partial charge in [0.05, 0.1) is 6.20 Å². The minimum absolute atomic E-state index is 0.433. The lowest BCUT2D eigenvalue weighted by molar-refractivity contribution is -0.131. The number of imidazole rings is 1. The first-order valence-corrected chi connectivity index (χ1v) is 4.30. The molecule has 15 heavy (non-hydrogen) atoms. The van der Waals surface area contributed by atoms with Crippen molar-refractivity contribution in [1.82, 2.24) is 19.9 Å². The van der Waals surface area contributed by atoms with Crippen LogP contribution in [-0.4, -0.2) is 31.0 Å². The van der Waals surface area contributed by atoms with Crippen molar-refractivity contribution in [2.45, 2.75) is 6.42 Å². The Bertz CT molecular complexity index is 485. The van der Waals surface area contributed by atoms with Gasteiger partial charge in [-0.1, -0.05) is 6.08 Å². The lowest BCUT2D eigenvalue weighted by Gasteiger charge is -1.85. The summed E-state index contributed by atoms with van der Waals surface area (Å²) in [5.41, 5.74) is 1.33. The maximum atomic E-state index is 10.2. The third kappa shape index (κ3) is 2.16. The molecule has 0 amide bonds. The molecule has 0 aliphatic heterocycles. The summed E-state index contributed by atoms with van der Waals surface area (Å²) in [4.78, 5) is 25.2. The van der Waals surface area contributed by atoms with Gasteiger partial charge in [0, 0.05) is 12.5 Å². The summed E-state index contributed by atoms with van der Waals surface area (Å²) in [6, 6.07) is 0. The van der Waals surface area contributed by atoms with E-state index in [0.29, 0.717) is 17.9 Å². The number of aromatic nitrogens is 4. The number of carboxylic acid groups (broad SMARTS) is 1. The van der Waals surface area contributed by atoms with Gasteiger partial charge in [-0.05, 0) is 0 Å². The second-order valence-corrected chi connectivity index (χ2v) is 2.89. The van der Waals surface area contributed by atoms with E-state index in [2.05, 4.69) is 19.9 Å². The van der Waals surface area contributed by atoms with Gasteiger partial charge in [0.1, 0.15) is 17.7 Å². The molecule has 2 N–H and O–H groups in total. The fourth-order valence-electron chi connectivity index (χ4n) is 1.18. The van der Waals surface area contributed by atoms with E-state index in [-0.39, 0.29) is 0 Å². The van der Waals surface area contributed by atoms with Crippen molar-refractivity contribution >= 4 is 17.1 Å². The predicted octanol–water partition coefficient (Wildman–Crippen LogP) is 0.536. The minimum atomic E-state index is -0.967. The molecule has 0 fully saturated rings. The van der Waals surface area contributed by atoms with E-state index in [0.717, 1.165) is 11.6 Å². The summed E-state index contributed by atoms with van der Waals surface area (Å²) in [7, 11) is 0. The lowest BCUT2D eigenvalue weighted by atomic mass is 10.3. The van der Waals surface area contributed by atoms with Gasteiger partial charge in [0.25, 0.3) is 0 Å². The number of aromatic amines is 1. The topological polar surface area (TPSA) is 91.8 Å². The first-order chi connectivity index (χ1) is 7.25. The van der Waals surface area contributed by atoms with Gasteiger partial charge in [-0.25, -0.2) is 19.7 Å². The summed E-state index contributed by atoms with van der Waals surface area (Å²) < 4.78 is 0. The Morgan fingerprint density at radius 1 is 1.60 bits per heavy atom. The van der Waals surface area contributed by atoms with Crippen molar-refractivity contribution < 1.29 is 9.90 Å². The molecule has 0 unspecified atom stereocenters. The van der Waals surface area contributed by atoms with Crippen molar-refractivity contribution in [3.05, 3.63) is 30.5 Å². The lowest BCUT2D eigenvalue weighted by Crippen LogP contribution is -1.88. The number of rotatable bonds is 3. The number of allylic oxidation sites excluding steroid dienone is 1. The fourth-order valence-corrected chi connectivity index (χ4v) is 1.18. The van der Waals surface area contributed by atoms with Gasteiger partial charge in [0.15, 0.2) is 5.65 Å². The zero-order valence-electron chi connectivity index (χ0n) is 7.71. The number of nitrogens with zero attached hydrogens (tertiary/aromatic N) is 3. The van der Waals surface area contributed by atoms with Crippen LogP contribution in [0.15, 0.2) is 24.7 Å². The Morgan fingerprint density at radius 3 is 3.20 bits per heavy atom. The molecule has 6 heteroatoms. The number of H-pyrrole nitrogens is 1. The van der Waals surface area contributed by atoms with Gasteiger partial charge in [-0.3, -0.25) is 0 Å². The van der Waals surface area contributed by atoms with E-state index < -0.39 is 5.97 Å². The zero-order valence-corrected chi connectivity index (χ0v) is 7.71. The Kier molecular flexibility index (Phi) is 2.40. The zero-order chi connectivity index (χ0) is 10.7. The summed E-state index contributed by atoms with van der Waals surface area (Å²) in [5.74, 6) is -0.297. The predicted molar refractivity (Wildman–Crippen MR) is 52.2 cm³/mol. The highest BCUT2D eigenvalue weighted by Crippen LogP contribution is 2.06. The van der Waals surface area contributed by atoms with Crippen molar-refractivity contribution in [3.63, 3.8) is 0 Å². The van der Waals surface area contributed by atoms with Gasteiger partial charge >= 0.3 is 5.97 Å². The molecule has 0 spiro atoms. The smallest absolute Gasteiger partial charge is 0.327 e. The molecule has 2 aromatic heterocycles. The van der Waals surface area contributed by atoms with E-state index in [9.17, 15) is 4.79 Å². The molecular formula is C9H8N4O2. The van der Waals surface area contributed by atoms with Crippen LogP contribution in [0.4, 0.5) is 0 Å². The molecule has 0 aliphatic carbocycles. The van der Waals surface area contributed by atoms with Crippen LogP contribution < -0.4 is 0 Å². The largest absolute Gasteiger partial charge is 0.478 e. The van der Waals surface area contributed by atoms with Crippen LogP contribution in [0.1, 0.15) is 5.82 Å². The summed E-state index contributed by atoms with van der Waals surface area (Å²) in [5, 5.41) is 8.39. The number of hydrogen-bond acceptors (Lipinski definition) is 4. The molecule has 0 bridgehead atoms. The molecule has 0 aliphatic rings. The van der Waals surface area contributed by atoms with Crippen molar-refractivity contribution in [1.29, 1.82) is 0 Å². The van der Waals surface area contributed by atoms with Crippen LogP contribution >= 0.6 is 0 Å². The molecule has 0 saturated carbocycles. The number of carboxylic acids is 1. The quantitative estimate of drug-likeness (QED) is 0.712. The van der Waals surface area contributed by atoms with E-state index >= 15 is 0 Å². The second kappa shape index (κ2) is 3.87. The molecule has 2 aromatic rings. The summed E-state index contributed by atoms with van der Waals surface area (Å²) in [6.45, 7) is 0. The Balaban J connectivity index is 2.19. The van der Waals surface area contributed by atoms with Crippen LogP contribution in [0.2, 0.25) is 0 Å². The fraction of sp³-hybridized carbons (Fsp3) is 0.111. The van der Waals surface area contributed by atoms with E-state index in [1.807, 2.05) is 0 Å². The average Bonchev–Trinajstić information content (AvgIpc) is 2.59. The Labute approximate surface area is 84.7 Å². The SMILES string of the molecule is O=C(O)C=CCc1nc2ncncc2[nH]1. The molecule has 76 valence electrons. The van der Waals surface area contributed by atoms with Crippen LogP contribution in [0.5, 0.6) is 0 Å². The molecule has 6 nitrogen and oxygen atoms in total. The molecule has 0 aromatic carbocycles. The van der Waals surface area contributed by atoms with Gasteiger partial charge in [0.2, 0.25) is 0 Å². The average molecular weight is 204 g/mol.